The molecule has 1 aromatic carbocycles. The molecule has 0 aliphatic heterocycles. The van der Waals surface area contributed by atoms with E-state index in [9.17, 15) is 4.39 Å². The summed E-state index contributed by atoms with van der Waals surface area (Å²) in [6.45, 7) is 0.464. The lowest BCUT2D eigenvalue weighted by atomic mass is 10.2. The Morgan fingerprint density at radius 2 is 2.21 bits per heavy atom. The molecule has 1 aromatic heterocycles. The van der Waals surface area contributed by atoms with Crippen LogP contribution in [0.4, 0.5) is 10.3 Å². The van der Waals surface area contributed by atoms with Crippen molar-refractivity contribution < 1.29 is 13.9 Å². The van der Waals surface area contributed by atoms with Gasteiger partial charge in [-0.25, -0.2) is 4.98 Å². The summed E-state index contributed by atoms with van der Waals surface area (Å²) >= 11 is 0. The fourth-order valence-electron chi connectivity index (χ4n) is 1.52. The highest BCUT2D eigenvalue weighted by molar-refractivity contribution is 5.34. The smallest absolute Gasteiger partial charge is 0.260 e. The molecule has 0 radical (unpaired) electrons. The highest BCUT2D eigenvalue weighted by atomic mass is 19.1. The second kappa shape index (κ2) is 6.10. The maximum Gasteiger partial charge on any atom is 0.260 e. The van der Waals surface area contributed by atoms with E-state index in [1.165, 1.54) is 0 Å². The zero-order valence-corrected chi connectivity index (χ0v) is 10.7. The Kier molecular flexibility index (Phi) is 4.25. The van der Waals surface area contributed by atoms with Crippen LogP contribution in [0.1, 0.15) is 5.56 Å². The molecule has 5 nitrogen and oxygen atoms in total. The molecule has 1 N–H and O–H groups in total. The molecule has 0 atom stereocenters. The number of benzene rings is 1. The van der Waals surface area contributed by atoms with Crippen LogP contribution in [0, 0.1) is 5.82 Å². The van der Waals surface area contributed by atoms with Gasteiger partial charge in [0.1, 0.15) is 5.75 Å². The van der Waals surface area contributed by atoms with Crippen molar-refractivity contribution in [3.05, 3.63) is 41.8 Å². The number of ether oxygens (including phenoxy) is 2. The molecule has 0 amide bonds. The fraction of sp³-hybridized carbons (Fsp3) is 0.231. The first-order chi connectivity index (χ1) is 9.22. The third kappa shape index (κ3) is 3.38. The Bertz CT molecular complexity index is 563. The summed E-state index contributed by atoms with van der Waals surface area (Å²) in [5.74, 6) is 0.0590. The molecule has 0 aliphatic carbocycles. The lowest BCUT2D eigenvalue weighted by Crippen LogP contribution is -2.00. The Balaban J connectivity index is 2.22. The standard InChI is InChI=1S/C13H14FN3O2/c1-15-13-16-7-11(14)12(17-13)19-10-5-3-4-9(6-10)8-18-2/h3-7H,8H2,1-2H3,(H,15,16,17). The van der Waals surface area contributed by atoms with Crippen molar-refractivity contribution in [2.75, 3.05) is 19.5 Å². The molecule has 1 heterocycles. The van der Waals surface area contributed by atoms with Crippen LogP contribution < -0.4 is 10.1 Å². The third-order valence-electron chi connectivity index (χ3n) is 2.36. The summed E-state index contributed by atoms with van der Waals surface area (Å²) in [5.41, 5.74) is 0.934. The van der Waals surface area contributed by atoms with Crippen molar-refractivity contribution >= 4 is 5.95 Å². The van der Waals surface area contributed by atoms with Crippen LogP contribution in [0.15, 0.2) is 30.5 Å². The average molecular weight is 263 g/mol. The molecule has 0 fully saturated rings. The number of rotatable bonds is 5. The van der Waals surface area contributed by atoms with Crippen LogP contribution in [0.5, 0.6) is 11.6 Å². The van der Waals surface area contributed by atoms with Gasteiger partial charge in [-0.1, -0.05) is 12.1 Å². The average Bonchev–Trinajstić information content (AvgIpc) is 2.42. The quantitative estimate of drug-likeness (QED) is 0.898. The predicted octanol–water partition coefficient (Wildman–Crippen LogP) is 2.60. The van der Waals surface area contributed by atoms with E-state index in [2.05, 4.69) is 15.3 Å². The molecular weight excluding hydrogens is 249 g/mol. The molecule has 2 aromatic rings. The Morgan fingerprint density at radius 3 is 2.95 bits per heavy atom. The Hall–Kier alpha value is -2.21. The summed E-state index contributed by atoms with van der Waals surface area (Å²) in [6.07, 6.45) is 1.06. The molecule has 2 rings (SSSR count). The molecule has 0 bridgehead atoms. The van der Waals surface area contributed by atoms with E-state index in [4.69, 9.17) is 9.47 Å². The normalized spacial score (nSPS) is 10.3. The largest absolute Gasteiger partial charge is 0.436 e. The second-order valence-corrected chi connectivity index (χ2v) is 3.78. The zero-order valence-electron chi connectivity index (χ0n) is 10.7. The third-order valence-corrected chi connectivity index (χ3v) is 2.36. The van der Waals surface area contributed by atoms with Crippen LogP contribution >= 0.6 is 0 Å². The summed E-state index contributed by atoms with van der Waals surface area (Å²) in [5, 5.41) is 2.72. The van der Waals surface area contributed by atoms with Crippen molar-refractivity contribution in [2.24, 2.45) is 0 Å². The van der Waals surface area contributed by atoms with Crippen LogP contribution in [-0.2, 0) is 11.3 Å². The van der Waals surface area contributed by atoms with Gasteiger partial charge >= 0.3 is 0 Å². The van der Waals surface area contributed by atoms with Gasteiger partial charge in [0.15, 0.2) is 0 Å². The number of hydrogen-bond donors (Lipinski definition) is 1. The van der Waals surface area contributed by atoms with Gasteiger partial charge in [0.05, 0.1) is 12.8 Å². The van der Waals surface area contributed by atoms with Crippen LogP contribution in [-0.4, -0.2) is 24.1 Å². The van der Waals surface area contributed by atoms with E-state index in [1.54, 1.807) is 26.3 Å². The van der Waals surface area contributed by atoms with Crippen LogP contribution in [0.25, 0.3) is 0 Å². The molecule has 0 spiro atoms. The number of methoxy groups -OCH3 is 1. The van der Waals surface area contributed by atoms with Gasteiger partial charge in [0.25, 0.3) is 5.88 Å². The first-order valence-electron chi connectivity index (χ1n) is 5.69. The van der Waals surface area contributed by atoms with Gasteiger partial charge in [-0.3, -0.25) is 0 Å². The van der Waals surface area contributed by atoms with Crippen molar-refractivity contribution in [3.8, 4) is 11.6 Å². The maximum atomic E-state index is 13.5. The number of halogens is 1. The van der Waals surface area contributed by atoms with Gasteiger partial charge in [0.2, 0.25) is 11.8 Å². The van der Waals surface area contributed by atoms with E-state index in [-0.39, 0.29) is 5.88 Å². The monoisotopic (exact) mass is 263 g/mol. The molecule has 100 valence electrons. The van der Waals surface area contributed by atoms with Gasteiger partial charge in [-0.15, -0.1) is 0 Å². The SMILES string of the molecule is CNc1ncc(F)c(Oc2cccc(COC)c2)n1. The first-order valence-corrected chi connectivity index (χ1v) is 5.69. The molecule has 0 saturated heterocycles. The number of hydrogen-bond acceptors (Lipinski definition) is 5. The van der Waals surface area contributed by atoms with Gasteiger partial charge in [-0.05, 0) is 17.7 Å². The molecule has 19 heavy (non-hydrogen) atoms. The first kappa shape index (κ1) is 13.2. The van der Waals surface area contributed by atoms with E-state index in [1.807, 2.05) is 12.1 Å². The van der Waals surface area contributed by atoms with E-state index >= 15 is 0 Å². The van der Waals surface area contributed by atoms with Crippen molar-refractivity contribution in [1.82, 2.24) is 9.97 Å². The molecule has 0 unspecified atom stereocenters. The summed E-state index contributed by atoms with van der Waals surface area (Å²) < 4.78 is 24.0. The molecule has 0 saturated carbocycles. The van der Waals surface area contributed by atoms with E-state index in [0.717, 1.165) is 11.8 Å². The lowest BCUT2D eigenvalue weighted by Gasteiger charge is -2.08. The van der Waals surface area contributed by atoms with Crippen molar-refractivity contribution in [1.29, 1.82) is 0 Å². The molecular formula is C13H14FN3O2. The van der Waals surface area contributed by atoms with Crippen LogP contribution in [0.2, 0.25) is 0 Å². The van der Waals surface area contributed by atoms with E-state index < -0.39 is 5.82 Å². The van der Waals surface area contributed by atoms with Gasteiger partial charge in [0, 0.05) is 14.2 Å². The van der Waals surface area contributed by atoms with Crippen molar-refractivity contribution in [2.45, 2.75) is 6.61 Å². The number of anilines is 1. The summed E-state index contributed by atoms with van der Waals surface area (Å²) in [6, 6.07) is 7.19. The summed E-state index contributed by atoms with van der Waals surface area (Å²) in [7, 11) is 3.26. The number of nitrogens with one attached hydrogen (secondary N) is 1. The zero-order chi connectivity index (χ0) is 13.7. The highest BCUT2D eigenvalue weighted by Crippen LogP contribution is 2.23. The predicted molar refractivity (Wildman–Crippen MR) is 68.8 cm³/mol. The van der Waals surface area contributed by atoms with Gasteiger partial charge < -0.3 is 14.8 Å². The molecule has 0 aliphatic rings. The van der Waals surface area contributed by atoms with Crippen LogP contribution in [0.3, 0.4) is 0 Å². The Labute approximate surface area is 110 Å². The summed E-state index contributed by atoms with van der Waals surface area (Å²) in [4.78, 5) is 7.66. The number of nitrogens with zero attached hydrogens (tertiary/aromatic N) is 2. The minimum Gasteiger partial charge on any atom is -0.436 e. The van der Waals surface area contributed by atoms with Gasteiger partial charge in [-0.2, -0.15) is 9.37 Å². The Morgan fingerprint density at radius 1 is 1.37 bits per heavy atom. The number of aromatic nitrogens is 2. The highest BCUT2D eigenvalue weighted by Gasteiger charge is 2.09. The van der Waals surface area contributed by atoms with E-state index in [0.29, 0.717) is 18.3 Å². The minimum absolute atomic E-state index is 0.117. The lowest BCUT2D eigenvalue weighted by molar-refractivity contribution is 0.184. The second-order valence-electron chi connectivity index (χ2n) is 3.78. The van der Waals surface area contributed by atoms with Crippen molar-refractivity contribution in [3.63, 3.8) is 0 Å². The maximum absolute atomic E-state index is 13.5. The minimum atomic E-state index is -0.615. The topological polar surface area (TPSA) is 56.3 Å². The molecule has 6 heteroatoms. The fourth-order valence-corrected chi connectivity index (χ4v) is 1.52.